The van der Waals surface area contributed by atoms with E-state index in [9.17, 15) is 13.2 Å². The van der Waals surface area contributed by atoms with Gasteiger partial charge in [-0.2, -0.15) is 13.2 Å². The summed E-state index contributed by atoms with van der Waals surface area (Å²) in [5.74, 6) is 0.175. The van der Waals surface area contributed by atoms with Crippen molar-refractivity contribution < 1.29 is 17.9 Å². The fourth-order valence-corrected chi connectivity index (χ4v) is 1.97. The highest BCUT2D eigenvalue weighted by atomic mass is 35.5. The Morgan fingerprint density at radius 1 is 1.00 bits per heavy atom. The van der Waals surface area contributed by atoms with Crippen molar-refractivity contribution >= 4 is 28.9 Å². The molecule has 0 aliphatic rings. The molecule has 21 heavy (non-hydrogen) atoms. The first kappa shape index (κ1) is 15.8. The Morgan fingerprint density at radius 2 is 1.71 bits per heavy atom. The van der Waals surface area contributed by atoms with Crippen LogP contribution in [0.4, 0.5) is 18.9 Å². The smallest absolute Gasteiger partial charge is 0.416 e. The molecule has 0 aromatic heterocycles. The second-order valence-electron chi connectivity index (χ2n) is 4.29. The first-order valence-corrected chi connectivity index (χ1v) is 6.56. The van der Waals surface area contributed by atoms with Crippen LogP contribution in [0.1, 0.15) is 11.1 Å². The molecule has 2 N–H and O–H groups in total. The molecule has 2 nitrogen and oxygen atoms in total. The summed E-state index contributed by atoms with van der Waals surface area (Å²) in [4.78, 5) is 0. The van der Waals surface area contributed by atoms with Crippen LogP contribution in [0.25, 0.3) is 0 Å². The van der Waals surface area contributed by atoms with Gasteiger partial charge in [0.1, 0.15) is 12.4 Å². The molecule has 0 spiro atoms. The van der Waals surface area contributed by atoms with Gasteiger partial charge in [0, 0.05) is 0 Å². The normalized spacial score (nSPS) is 11.5. The first-order valence-electron chi connectivity index (χ1n) is 5.81. The molecule has 0 bridgehead atoms. The highest BCUT2D eigenvalue weighted by Gasteiger charge is 2.30. The van der Waals surface area contributed by atoms with Gasteiger partial charge in [0.05, 0.1) is 21.3 Å². The summed E-state index contributed by atoms with van der Waals surface area (Å²) in [7, 11) is 0. The van der Waals surface area contributed by atoms with Crippen molar-refractivity contribution in [3.8, 4) is 5.75 Å². The first-order chi connectivity index (χ1) is 9.77. The van der Waals surface area contributed by atoms with Crippen molar-refractivity contribution in [3.05, 3.63) is 57.6 Å². The van der Waals surface area contributed by atoms with Gasteiger partial charge in [-0.25, -0.2) is 0 Å². The van der Waals surface area contributed by atoms with Crippen molar-refractivity contribution in [2.75, 3.05) is 5.73 Å². The van der Waals surface area contributed by atoms with Crippen LogP contribution in [-0.2, 0) is 12.8 Å². The lowest BCUT2D eigenvalue weighted by Crippen LogP contribution is -2.06. The zero-order valence-corrected chi connectivity index (χ0v) is 12.1. The molecule has 0 fully saturated rings. The molecular weight excluding hydrogens is 326 g/mol. The number of rotatable bonds is 3. The Labute approximate surface area is 129 Å². The molecule has 0 aliphatic carbocycles. The third-order valence-electron chi connectivity index (χ3n) is 2.72. The monoisotopic (exact) mass is 335 g/mol. The lowest BCUT2D eigenvalue weighted by atomic mass is 10.2. The Kier molecular flexibility index (Phi) is 4.54. The van der Waals surface area contributed by atoms with Crippen molar-refractivity contribution in [2.45, 2.75) is 12.8 Å². The van der Waals surface area contributed by atoms with Crippen molar-refractivity contribution in [1.29, 1.82) is 0 Å². The van der Waals surface area contributed by atoms with Crippen molar-refractivity contribution in [2.24, 2.45) is 0 Å². The topological polar surface area (TPSA) is 35.2 Å². The number of alkyl halides is 3. The van der Waals surface area contributed by atoms with Crippen LogP contribution in [0.5, 0.6) is 5.75 Å². The van der Waals surface area contributed by atoms with Gasteiger partial charge >= 0.3 is 6.18 Å². The fourth-order valence-electron chi connectivity index (χ4n) is 1.65. The van der Waals surface area contributed by atoms with E-state index in [-0.39, 0.29) is 18.0 Å². The molecule has 2 rings (SSSR count). The van der Waals surface area contributed by atoms with Gasteiger partial charge in [-0.1, -0.05) is 29.3 Å². The summed E-state index contributed by atoms with van der Waals surface area (Å²) in [6.45, 7) is 0.118. The van der Waals surface area contributed by atoms with Crippen LogP contribution in [0.3, 0.4) is 0 Å². The maximum atomic E-state index is 12.5. The second-order valence-corrected chi connectivity index (χ2v) is 5.10. The predicted octanol–water partition coefficient (Wildman–Crippen LogP) is 5.17. The van der Waals surface area contributed by atoms with Crippen LogP contribution in [-0.4, -0.2) is 0 Å². The number of anilines is 1. The Hall–Kier alpha value is -1.59. The van der Waals surface area contributed by atoms with E-state index in [1.807, 2.05) is 0 Å². The number of ether oxygens (including phenoxy) is 1. The molecule has 0 radical (unpaired) electrons. The Bertz CT molecular complexity index is 659. The highest BCUT2D eigenvalue weighted by Crippen LogP contribution is 2.34. The van der Waals surface area contributed by atoms with Gasteiger partial charge in [0.15, 0.2) is 0 Å². The van der Waals surface area contributed by atoms with Gasteiger partial charge in [0.25, 0.3) is 0 Å². The average Bonchev–Trinajstić information content (AvgIpc) is 2.40. The summed E-state index contributed by atoms with van der Waals surface area (Å²) >= 11 is 11.6. The number of nitrogen functional groups attached to an aromatic ring is 1. The van der Waals surface area contributed by atoms with E-state index in [0.29, 0.717) is 10.0 Å². The molecule has 2 aromatic rings. The van der Waals surface area contributed by atoms with Crippen molar-refractivity contribution in [3.63, 3.8) is 0 Å². The molecular formula is C14H10Cl2F3NO. The summed E-state index contributed by atoms with van der Waals surface area (Å²) in [6, 6.07) is 7.87. The minimum absolute atomic E-state index is 0.0788. The zero-order chi connectivity index (χ0) is 15.6. The standard InChI is InChI=1S/C14H10Cl2F3NO/c15-10-3-1-8(5-11(10)16)7-21-13-4-2-9(6-12(13)20)14(17,18)19/h1-6H,7,20H2. The van der Waals surface area contributed by atoms with E-state index in [0.717, 1.165) is 17.7 Å². The largest absolute Gasteiger partial charge is 0.487 e. The van der Waals surface area contributed by atoms with E-state index in [4.69, 9.17) is 33.7 Å². The zero-order valence-electron chi connectivity index (χ0n) is 10.5. The summed E-state index contributed by atoms with van der Waals surface area (Å²) in [6.07, 6.45) is -4.43. The minimum atomic E-state index is -4.43. The minimum Gasteiger partial charge on any atom is -0.487 e. The van der Waals surface area contributed by atoms with Crippen LogP contribution in [0, 0.1) is 0 Å². The van der Waals surface area contributed by atoms with Gasteiger partial charge in [-0.15, -0.1) is 0 Å². The van der Waals surface area contributed by atoms with E-state index < -0.39 is 11.7 Å². The molecule has 0 atom stereocenters. The number of benzene rings is 2. The number of hydrogen-bond acceptors (Lipinski definition) is 2. The molecule has 0 amide bonds. The molecule has 0 aliphatic heterocycles. The molecule has 112 valence electrons. The number of hydrogen-bond donors (Lipinski definition) is 1. The maximum Gasteiger partial charge on any atom is 0.416 e. The highest BCUT2D eigenvalue weighted by molar-refractivity contribution is 6.42. The van der Waals surface area contributed by atoms with Gasteiger partial charge < -0.3 is 10.5 Å². The van der Waals surface area contributed by atoms with Crippen LogP contribution < -0.4 is 10.5 Å². The third kappa shape index (κ3) is 3.95. The SMILES string of the molecule is Nc1cc(C(F)(F)F)ccc1OCc1ccc(Cl)c(Cl)c1. The van der Waals surface area contributed by atoms with E-state index in [1.165, 1.54) is 6.07 Å². The number of halogens is 5. The van der Waals surface area contributed by atoms with E-state index >= 15 is 0 Å². The van der Waals surface area contributed by atoms with Crippen LogP contribution >= 0.6 is 23.2 Å². The quantitative estimate of drug-likeness (QED) is 0.785. The Morgan fingerprint density at radius 3 is 2.29 bits per heavy atom. The maximum absolute atomic E-state index is 12.5. The van der Waals surface area contributed by atoms with E-state index in [2.05, 4.69) is 0 Å². The van der Waals surface area contributed by atoms with Gasteiger partial charge in [-0.05, 0) is 35.9 Å². The molecule has 7 heteroatoms. The van der Waals surface area contributed by atoms with Crippen molar-refractivity contribution in [1.82, 2.24) is 0 Å². The van der Waals surface area contributed by atoms with E-state index in [1.54, 1.807) is 18.2 Å². The summed E-state index contributed by atoms with van der Waals surface area (Å²) in [5, 5.41) is 0.785. The molecule has 0 unspecified atom stereocenters. The molecule has 2 aromatic carbocycles. The second kappa shape index (κ2) is 6.03. The fraction of sp³-hybridized carbons (Fsp3) is 0.143. The lowest BCUT2D eigenvalue weighted by Gasteiger charge is -2.12. The summed E-state index contributed by atoms with van der Waals surface area (Å²) < 4.78 is 42.9. The number of nitrogens with two attached hydrogens (primary N) is 1. The molecule has 0 saturated heterocycles. The lowest BCUT2D eigenvalue weighted by molar-refractivity contribution is -0.137. The third-order valence-corrected chi connectivity index (χ3v) is 3.45. The predicted molar refractivity (Wildman–Crippen MR) is 76.7 cm³/mol. The Balaban J connectivity index is 2.11. The molecule has 0 heterocycles. The molecule has 0 saturated carbocycles. The summed E-state index contributed by atoms with van der Waals surface area (Å²) in [5.41, 5.74) is 5.39. The van der Waals surface area contributed by atoms with Gasteiger partial charge in [0.2, 0.25) is 0 Å². The average molecular weight is 336 g/mol. The van der Waals surface area contributed by atoms with Crippen LogP contribution in [0.15, 0.2) is 36.4 Å². The van der Waals surface area contributed by atoms with Crippen LogP contribution in [0.2, 0.25) is 10.0 Å². The van der Waals surface area contributed by atoms with Gasteiger partial charge in [-0.3, -0.25) is 0 Å².